The molecule has 3 N–H and O–H groups in total. The second-order valence-corrected chi connectivity index (χ2v) is 10.2. The monoisotopic (exact) mass is 573 g/mol. The zero-order valence-corrected chi connectivity index (χ0v) is 22.3. The summed E-state index contributed by atoms with van der Waals surface area (Å²) in [6.45, 7) is 2.49. The number of hydrogen-bond donors (Lipinski definition) is 3. The molecule has 0 heterocycles. The lowest BCUT2D eigenvalue weighted by molar-refractivity contribution is -0.142. The number of benzene rings is 3. The molecule has 1 saturated carbocycles. The summed E-state index contributed by atoms with van der Waals surface area (Å²) >= 11 is 10.3. The lowest BCUT2D eigenvalue weighted by Gasteiger charge is -2.20. The van der Waals surface area contributed by atoms with Crippen LogP contribution in [0.15, 0.2) is 65.1 Å². The Morgan fingerprint density at radius 2 is 1.83 bits per heavy atom. The predicted molar refractivity (Wildman–Crippen MR) is 144 cm³/mol. The van der Waals surface area contributed by atoms with Crippen molar-refractivity contribution in [3.05, 3.63) is 81.3 Å². The number of carbonyl (C=O) groups is 1. The average Bonchev–Trinajstić information content (AvgIpc) is 3.68. The Morgan fingerprint density at radius 3 is 2.50 bits per heavy atom. The normalized spacial score (nSPS) is 14.8. The summed E-state index contributed by atoms with van der Waals surface area (Å²) in [6.07, 6.45) is 1.22. The van der Waals surface area contributed by atoms with E-state index in [1.165, 1.54) is 6.92 Å². The molecule has 0 amide bonds. The first-order valence-electron chi connectivity index (χ1n) is 11.9. The standard InChI is InChI=1S/C28H29BrClNO5/c1-17(32)27(28(33)34)31-14-21-12-23(30)25(13-24(21)35-15-18-10-11-18)36-16-20-8-5-9-22(26(20)29)19-6-3-2-4-7-19/h2-9,12-13,17-18,27,31-32H,10-11,14-16H2,1H3,(H,33,34)/t17-,27+/m1/s1. The van der Waals surface area contributed by atoms with Crippen molar-refractivity contribution in [2.45, 2.75) is 45.1 Å². The largest absolute Gasteiger partial charge is 0.493 e. The van der Waals surface area contributed by atoms with Gasteiger partial charge in [0.25, 0.3) is 0 Å². The van der Waals surface area contributed by atoms with Crippen LogP contribution in [0, 0.1) is 5.92 Å². The number of nitrogens with one attached hydrogen (secondary N) is 1. The fraction of sp³-hybridized carbons (Fsp3) is 0.321. The van der Waals surface area contributed by atoms with Crippen molar-refractivity contribution in [1.29, 1.82) is 0 Å². The minimum Gasteiger partial charge on any atom is -0.493 e. The van der Waals surface area contributed by atoms with Crippen LogP contribution in [0.4, 0.5) is 0 Å². The molecule has 0 aromatic heterocycles. The molecule has 8 heteroatoms. The van der Waals surface area contributed by atoms with Gasteiger partial charge in [-0.3, -0.25) is 10.1 Å². The van der Waals surface area contributed by atoms with E-state index >= 15 is 0 Å². The highest BCUT2D eigenvalue weighted by atomic mass is 79.9. The average molecular weight is 575 g/mol. The van der Waals surface area contributed by atoms with Crippen LogP contribution >= 0.6 is 27.5 Å². The summed E-state index contributed by atoms with van der Waals surface area (Å²) in [7, 11) is 0. The van der Waals surface area contributed by atoms with E-state index in [0.717, 1.165) is 34.0 Å². The van der Waals surface area contributed by atoms with Crippen molar-refractivity contribution in [1.82, 2.24) is 5.32 Å². The number of carboxylic acids is 1. The second kappa shape index (κ2) is 12.1. The first kappa shape index (κ1) is 26.5. The van der Waals surface area contributed by atoms with Gasteiger partial charge >= 0.3 is 5.97 Å². The van der Waals surface area contributed by atoms with Gasteiger partial charge < -0.3 is 19.7 Å². The Labute approximate surface area is 224 Å². The van der Waals surface area contributed by atoms with E-state index in [0.29, 0.717) is 41.2 Å². The van der Waals surface area contributed by atoms with Crippen molar-refractivity contribution in [2.75, 3.05) is 6.61 Å². The second-order valence-electron chi connectivity index (χ2n) is 9.02. The highest BCUT2D eigenvalue weighted by Crippen LogP contribution is 2.37. The zero-order chi connectivity index (χ0) is 25.7. The lowest BCUT2D eigenvalue weighted by atomic mass is 10.0. The van der Waals surface area contributed by atoms with Crippen molar-refractivity contribution in [3.63, 3.8) is 0 Å². The topological polar surface area (TPSA) is 88.0 Å². The van der Waals surface area contributed by atoms with Gasteiger partial charge in [-0.1, -0.05) is 60.1 Å². The van der Waals surface area contributed by atoms with E-state index in [9.17, 15) is 15.0 Å². The Bertz CT molecular complexity index is 1200. The fourth-order valence-corrected chi connectivity index (χ4v) is 4.67. The molecule has 0 spiro atoms. The van der Waals surface area contributed by atoms with Gasteiger partial charge in [-0.25, -0.2) is 0 Å². The highest BCUT2D eigenvalue weighted by Gasteiger charge is 2.25. The van der Waals surface area contributed by atoms with Gasteiger partial charge in [0.1, 0.15) is 24.1 Å². The maximum atomic E-state index is 11.4. The maximum absolute atomic E-state index is 11.4. The Kier molecular flexibility index (Phi) is 8.90. The van der Waals surface area contributed by atoms with E-state index in [1.54, 1.807) is 12.1 Å². The minimum atomic E-state index is -1.13. The molecule has 0 radical (unpaired) electrons. The summed E-state index contributed by atoms with van der Waals surface area (Å²) in [5, 5.41) is 22.4. The Morgan fingerprint density at radius 1 is 1.08 bits per heavy atom. The fourth-order valence-electron chi connectivity index (χ4n) is 3.82. The number of rotatable bonds is 12. The number of aliphatic carboxylic acids is 1. The van der Waals surface area contributed by atoms with Crippen LogP contribution in [0.3, 0.4) is 0 Å². The third kappa shape index (κ3) is 6.79. The number of aliphatic hydroxyl groups is 1. The van der Waals surface area contributed by atoms with Crippen LogP contribution in [-0.4, -0.2) is 34.9 Å². The van der Waals surface area contributed by atoms with E-state index in [1.807, 2.05) is 30.3 Å². The van der Waals surface area contributed by atoms with E-state index in [-0.39, 0.29) is 6.54 Å². The molecular formula is C28H29BrClNO5. The van der Waals surface area contributed by atoms with Crippen LogP contribution in [0.2, 0.25) is 5.02 Å². The number of ether oxygens (including phenoxy) is 2. The molecule has 0 saturated heterocycles. The molecule has 1 aliphatic rings. The third-order valence-corrected chi connectivity index (χ3v) is 7.33. The van der Waals surface area contributed by atoms with E-state index < -0.39 is 18.1 Å². The van der Waals surface area contributed by atoms with Gasteiger partial charge in [-0.2, -0.15) is 0 Å². The molecule has 1 aliphatic carbocycles. The molecule has 0 aliphatic heterocycles. The zero-order valence-electron chi connectivity index (χ0n) is 19.9. The quantitative estimate of drug-likeness (QED) is 0.244. The van der Waals surface area contributed by atoms with Crippen LogP contribution < -0.4 is 14.8 Å². The van der Waals surface area contributed by atoms with Gasteiger partial charge in [0, 0.05) is 28.2 Å². The molecular weight excluding hydrogens is 546 g/mol. The summed E-state index contributed by atoms with van der Waals surface area (Å²) in [5.74, 6) is 0.473. The van der Waals surface area contributed by atoms with E-state index in [4.69, 9.17) is 21.1 Å². The first-order chi connectivity index (χ1) is 17.3. The van der Waals surface area contributed by atoms with Crippen LogP contribution in [-0.2, 0) is 17.9 Å². The molecule has 2 atom stereocenters. The highest BCUT2D eigenvalue weighted by molar-refractivity contribution is 9.10. The van der Waals surface area contributed by atoms with Crippen LogP contribution in [0.5, 0.6) is 11.5 Å². The number of hydrogen-bond acceptors (Lipinski definition) is 5. The van der Waals surface area contributed by atoms with Crippen molar-refractivity contribution in [3.8, 4) is 22.6 Å². The van der Waals surface area contributed by atoms with E-state index in [2.05, 4.69) is 39.4 Å². The maximum Gasteiger partial charge on any atom is 0.323 e. The lowest BCUT2D eigenvalue weighted by Crippen LogP contribution is -2.44. The molecule has 0 unspecified atom stereocenters. The summed E-state index contributed by atoms with van der Waals surface area (Å²) < 4.78 is 13.1. The van der Waals surface area contributed by atoms with Gasteiger partial charge in [0.15, 0.2) is 0 Å². The SMILES string of the molecule is C[C@@H](O)[C@H](NCc1cc(Cl)c(OCc2cccc(-c3ccccc3)c2Br)cc1OCC1CC1)C(=O)O. The summed E-state index contributed by atoms with van der Waals surface area (Å²) in [5.41, 5.74) is 3.85. The summed E-state index contributed by atoms with van der Waals surface area (Å²) in [4.78, 5) is 11.4. The molecule has 0 bridgehead atoms. The molecule has 3 aromatic carbocycles. The van der Waals surface area contributed by atoms with Gasteiger partial charge in [-0.15, -0.1) is 0 Å². The van der Waals surface area contributed by atoms with Gasteiger partial charge in [-0.05, 0) is 58.8 Å². The van der Waals surface area contributed by atoms with Gasteiger partial charge in [0.05, 0.1) is 17.7 Å². The molecule has 6 nitrogen and oxygen atoms in total. The van der Waals surface area contributed by atoms with Crippen molar-refractivity contribution in [2.24, 2.45) is 5.92 Å². The first-order valence-corrected chi connectivity index (χ1v) is 13.1. The predicted octanol–water partition coefficient (Wildman–Crippen LogP) is 6.06. The van der Waals surface area contributed by atoms with Crippen LogP contribution in [0.1, 0.15) is 30.9 Å². The molecule has 1 fully saturated rings. The Balaban J connectivity index is 1.53. The van der Waals surface area contributed by atoms with Gasteiger partial charge in [0.2, 0.25) is 0 Å². The minimum absolute atomic E-state index is 0.173. The summed E-state index contributed by atoms with van der Waals surface area (Å²) in [6, 6.07) is 18.5. The number of halogens is 2. The van der Waals surface area contributed by atoms with Crippen LogP contribution in [0.25, 0.3) is 11.1 Å². The smallest absolute Gasteiger partial charge is 0.323 e. The van der Waals surface area contributed by atoms with Crippen molar-refractivity contribution < 1.29 is 24.5 Å². The number of carboxylic acid groups (broad SMARTS) is 1. The molecule has 3 aromatic rings. The van der Waals surface area contributed by atoms with Crippen molar-refractivity contribution >= 4 is 33.5 Å². The molecule has 4 rings (SSSR count). The third-order valence-electron chi connectivity index (χ3n) is 6.09. The molecule has 190 valence electrons. The Hall–Kier alpha value is -2.58. The molecule has 36 heavy (non-hydrogen) atoms. The number of aliphatic hydroxyl groups excluding tert-OH is 1.